The Hall–Kier alpha value is -1.000. The quantitative estimate of drug-likeness (QED) is 0.578. The zero-order valence-corrected chi connectivity index (χ0v) is 20.0. The zero-order valence-electron chi connectivity index (χ0n) is 18.8. The average Bonchev–Trinajstić information content (AvgIpc) is 2.70. The summed E-state index contributed by atoms with van der Waals surface area (Å²) in [6.07, 6.45) is 6.19. The normalized spacial score (nSPS) is 27.2. The molecule has 0 spiro atoms. The predicted octanol–water partition coefficient (Wildman–Crippen LogP) is 3.13. The van der Waals surface area contributed by atoms with Crippen LogP contribution in [0, 0.1) is 11.8 Å². The Morgan fingerprint density at radius 2 is 1.87 bits per heavy atom. The molecule has 168 valence electrons. The minimum atomic E-state index is -0.548. The third-order valence-electron chi connectivity index (χ3n) is 6.70. The molecule has 1 saturated carbocycles. The van der Waals surface area contributed by atoms with Crippen LogP contribution in [0.15, 0.2) is 30.3 Å². The van der Waals surface area contributed by atoms with E-state index >= 15 is 0 Å². The number of fused-ring (bicyclic) bond motifs is 1. The maximum absolute atomic E-state index is 13.2. The van der Waals surface area contributed by atoms with Gasteiger partial charge in [-0.25, -0.2) is 0 Å². The number of carbonyl (C=O) groups excluding carboxylic acids is 1. The van der Waals surface area contributed by atoms with Crippen LogP contribution in [0.25, 0.3) is 0 Å². The van der Waals surface area contributed by atoms with Gasteiger partial charge in [-0.1, -0.05) is 59.0 Å². The number of benzene rings is 1. The summed E-state index contributed by atoms with van der Waals surface area (Å²) in [7, 11) is 2.56. The minimum Gasteiger partial charge on any atom is -0.390 e. The second-order valence-electron chi connectivity index (χ2n) is 10.3. The van der Waals surface area contributed by atoms with Gasteiger partial charge in [0.2, 0.25) is 5.91 Å². The molecule has 0 radical (unpaired) electrons. The van der Waals surface area contributed by atoms with Crippen LogP contribution in [-0.2, 0) is 11.2 Å². The molecule has 3 N–H and O–H groups in total. The molecule has 2 aliphatic rings. The number of nitrogens with zero attached hydrogens (tertiary/aromatic N) is 1. The van der Waals surface area contributed by atoms with Gasteiger partial charge in [-0.15, -0.1) is 0 Å². The first kappa shape index (κ1) is 23.7. The fourth-order valence-corrected chi connectivity index (χ4v) is 5.51. The third kappa shape index (κ3) is 6.50. The molecule has 2 unspecified atom stereocenters. The number of hydrogen-bond acceptors (Lipinski definition) is 4. The molecule has 1 aliphatic heterocycles. The van der Waals surface area contributed by atoms with E-state index < -0.39 is 6.10 Å². The van der Waals surface area contributed by atoms with Gasteiger partial charge in [0.1, 0.15) is 0 Å². The highest BCUT2D eigenvalue weighted by atomic mass is 31.0. The first-order chi connectivity index (χ1) is 14.3. The number of rotatable bonds is 7. The fraction of sp³-hybridized carbons (Fsp3) is 0.708. The smallest absolute Gasteiger partial charge is 0.237 e. The van der Waals surface area contributed by atoms with Gasteiger partial charge in [0, 0.05) is 24.7 Å². The number of hydrogen-bond donors (Lipinski definition) is 3. The summed E-state index contributed by atoms with van der Waals surface area (Å²) in [5.41, 5.74) is 0.951. The van der Waals surface area contributed by atoms with E-state index in [9.17, 15) is 9.90 Å². The van der Waals surface area contributed by atoms with Gasteiger partial charge in [-0.05, 0) is 57.4 Å². The molecule has 2 fully saturated rings. The van der Waals surface area contributed by atoms with Gasteiger partial charge in [0.15, 0.2) is 0 Å². The first-order valence-corrected chi connectivity index (χ1v) is 12.1. The predicted molar refractivity (Wildman–Crippen MR) is 126 cm³/mol. The number of amides is 1. The van der Waals surface area contributed by atoms with E-state index in [1.807, 2.05) is 39.0 Å². The molecule has 1 aromatic carbocycles. The van der Waals surface area contributed by atoms with Crippen molar-refractivity contribution in [3.63, 3.8) is 0 Å². The molecule has 5 nitrogen and oxygen atoms in total. The second kappa shape index (κ2) is 10.5. The van der Waals surface area contributed by atoms with Gasteiger partial charge in [-0.3, -0.25) is 14.8 Å². The van der Waals surface area contributed by atoms with E-state index in [0.717, 1.165) is 19.4 Å². The summed E-state index contributed by atoms with van der Waals surface area (Å²) in [5, 5.41) is 17.5. The van der Waals surface area contributed by atoms with Gasteiger partial charge < -0.3 is 10.4 Å². The highest BCUT2D eigenvalue weighted by molar-refractivity contribution is 7.13. The van der Waals surface area contributed by atoms with Crippen LogP contribution in [0.5, 0.6) is 0 Å². The molecule has 1 saturated heterocycles. The van der Waals surface area contributed by atoms with Crippen molar-refractivity contribution in [2.45, 2.75) is 83.0 Å². The largest absolute Gasteiger partial charge is 0.390 e. The maximum Gasteiger partial charge on any atom is 0.237 e. The summed E-state index contributed by atoms with van der Waals surface area (Å²) in [4.78, 5) is 15.4. The van der Waals surface area contributed by atoms with Gasteiger partial charge in [0.05, 0.1) is 12.1 Å². The van der Waals surface area contributed by atoms with Crippen molar-refractivity contribution in [2.24, 2.45) is 11.8 Å². The highest BCUT2D eigenvalue weighted by Crippen LogP contribution is 2.38. The summed E-state index contributed by atoms with van der Waals surface area (Å²) in [6.45, 7) is 7.53. The van der Waals surface area contributed by atoms with Crippen LogP contribution in [0.4, 0.5) is 0 Å². The molecule has 3 rings (SSSR count). The van der Waals surface area contributed by atoms with Gasteiger partial charge in [-0.2, -0.15) is 0 Å². The van der Waals surface area contributed by atoms with Crippen molar-refractivity contribution in [2.75, 3.05) is 13.1 Å². The zero-order chi connectivity index (χ0) is 21.7. The van der Waals surface area contributed by atoms with E-state index in [4.69, 9.17) is 0 Å². The first-order valence-electron chi connectivity index (χ1n) is 11.5. The van der Waals surface area contributed by atoms with E-state index in [2.05, 4.69) is 36.8 Å². The van der Waals surface area contributed by atoms with E-state index in [0.29, 0.717) is 18.4 Å². The summed E-state index contributed by atoms with van der Waals surface area (Å²) < 4.78 is 0. The molecule has 6 heteroatoms. The highest BCUT2D eigenvalue weighted by Gasteiger charge is 2.41. The third-order valence-corrected chi connectivity index (χ3v) is 7.13. The van der Waals surface area contributed by atoms with Gasteiger partial charge >= 0.3 is 0 Å². The topological polar surface area (TPSA) is 64.6 Å². The molecule has 1 amide bonds. The fourth-order valence-electron chi connectivity index (χ4n) is 5.17. The Bertz CT molecular complexity index is 679. The van der Waals surface area contributed by atoms with E-state index in [-0.39, 0.29) is 23.5 Å². The molecule has 1 aromatic rings. The lowest BCUT2D eigenvalue weighted by molar-refractivity contribution is -0.132. The van der Waals surface area contributed by atoms with Gasteiger partial charge in [0.25, 0.3) is 0 Å². The summed E-state index contributed by atoms with van der Waals surface area (Å²) in [5.74, 6) is 1.40. The molecule has 1 heterocycles. The number of aliphatic hydroxyl groups is 1. The lowest BCUT2D eigenvalue weighted by Gasteiger charge is -2.47. The Labute approximate surface area is 184 Å². The Kier molecular flexibility index (Phi) is 8.31. The van der Waals surface area contributed by atoms with Crippen molar-refractivity contribution < 1.29 is 9.90 Å². The number of carbonyl (C=O) groups is 1. The molecule has 30 heavy (non-hydrogen) atoms. The van der Waals surface area contributed by atoms with Crippen LogP contribution < -0.4 is 10.4 Å². The van der Waals surface area contributed by atoms with E-state index in [1.165, 1.54) is 31.2 Å². The second-order valence-corrected chi connectivity index (χ2v) is 10.6. The number of aliphatic hydroxyl groups excluding tert-OH is 1. The van der Waals surface area contributed by atoms with Crippen molar-refractivity contribution >= 4 is 15.3 Å². The van der Waals surface area contributed by atoms with Crippen molar-refractivity contribution in [3.8, 4) is 0 Å². The molecule has 1 aliphatic carbocycles. The van der Waals surface area contributed by atoms with Crippen LogP contribution in [0.3, 0.4) is 0 Å². The monoisotopic (exact) mass is 433 g/mol. The maximum atomic E-state index is 13.2. The van der Waals surface area contributed by atoms with Crippen LogP contribution in [0.1, 0.15) is 58.4 Å². The number of nitrogens with one attached hydrogen (secondary N) is 2. The Morgan fingerprint density at radius 3 is 2.50 bits per heavy atom. The van der Waals surface area contributed by atoms with Crippen LogP contribution in [0.2, 0.25) is 0 Å². The Balaban J connectivity index is 1.70. The lowest BCUT2D eigenvalue weighted by atomic mass is 9.72. The lowest BCUT2D eigenvalue weighted by Crippen LogP contribution is -2.59. The molecular formula is C24H40N3O2P. The van der Waals surface area contributed by atoms with Crippen LogP contribution >= 0.6 is 9.39 Å². The van der Waals surface area contributed by atoms with E-state index in [1.54, 1.807) is 0 Å². The number of likely N-dealkylation sites (tertiary alicyclic amines) is 1. The average molecular weight is 434 g/mol. The number of piperidine rings is 1. The molecule has 0 bridgehead atoms. The van der Waals surface area contributed by atoms with Crippen molar-refractivity contribution in [1.82, 2.24) is 15.3 Å². The molecule has 6 atom stereocenters. The summed E-state index contributed by atoms with van der Waals surface area (Å²) in [6, 6.07) is 10.0. The molecular weight excluding hydrogens is 393 g/mol. The van der Waals surface area contributed by atoms with Crippen LogP contribution in [-0.4, -0.2) is 52.7 Å². The van der Waals surface area contributed by atoms with Crippen molar-refractivity contribution in [3.05, 3.63) is 35.9 Å². The summed E-state index contributed by atoms with van der Waals surface area (Å²) >= 11 is 0. The van der Waals surface area contributed by atoms with Crippen molar-refractivity contribution in [1.29, 1.82) is 0 Å². The standard InChI is InChI=1S/C24H40N3O2P/c1-24(2,3)25-23(29)21-14-18-11-7-8-12-19(18)15-27(21)16-22(28)20(26-30)13-17-9-5-4-6-10-17/h4-6,9-10,18-22,26,28H,7-8,11-16,30H2,1-3H3,(H,25,29)/t18-,19+,20?,21-,22+/m0/s1. The number of β-amino-alcohol motifs (C(OH)–C–C–N with tert-alkyl or cyclic N) is 1. The molecule has 0 aromatic heterocycles. The minimum absolute atomic E-state index is 0.0761. The Morgan fingerprint density at radius 1 is 1.20 bits per heavy atom. The SMILES string of the molecule is CC(C)(C)NC(=O)[C@@H]1C[C@@H]2CCCC[C@@H]2CN1C[C@@H](O)C(Cc1ccccc1)NP.